The highest BCUT2D eigenvalue weighted by atomic mass is 35.5. The first-order valence-electron chi connectivity index (χ1n) is 7.29. The Bertz CT molecular complexity index is 766. The van der Waals surface area contributed by atoms with Crippen molar-refractivity contribution < 1.29 is 9.26 Å². The number of hydrogen-bond donors (Lipinski definition) is 1. The molecule has 0 aliphatic heterocycles. The Morgan fingerprint density at radius 2 is 2.17 bits per heavy atom. The highest BCUT2D eigenvalue weighted by Crippen LogP contribution is 2.25. The van der Waals surface area contributed by atoms with Crippen molar-refractivity contribution >= 4 is 12.4 Å². The molecule has 2 aromatic heterocycles. The SMILES string of the molecule is CNC(C)Cc1noc(-c2cccc(Oc3cnccn3)c2)n1.Cl. The van der Waals surface area contributed by atoms with Gasteiger partial charge in [-0.2, -0.15) is 4.98 Å². The number of hydrogen-bond acceptors (Lipinski definition) is 7. The highest BCUT2D eigenvalue weighted by Gasteiger charge is 2.12. The molecule has 3 aromatic rings. The van der Waals surface area contributed by atoms with E-state index < -0.39 is 0 Å². The van der Waals surface area contributed by atoms with E-state index in [-0.39, 0.29) is 18.4 Å². The molecule has 0 aliphatic carbocycles. The lowest BCUT2D eigenvalue weighted by Crippen LogP contribution is -2.24. The van der Waals surface area contributed by atoms with Gasteiger partial charge in [0.05, 0.1) is 6.20 Å². The molecule has 8 heteroatoms. The van der Waals surface area contributed by atoms with E-state index in [0.29, 0.717) is 29.8 Å². The van der Waals surface area contributed by atoms with Crippen molar-refractivity contribution in [3.63, 3.8) is 0 Å². The summed E-state index contributed by atoms with van der Waals surface area (Å²) < 4.78 is 11.0. The van der Waals surface area contributed by atoms with Crippen LogP contribution in [0, 0.1) is 0 Å². The van der Waals surface area contributed by atoms with E-state index in [0.717, 1.165) is 5.56 Å². The first kappa shape index (κ1) is 17.8. The summed E-state index contributed by atoms with van der Waals surface area (Å²) >= 11 is 0. The number of benzene rings is 1. The van der Waals surface area contributed by atoms with Gasteiger partial charge in [0.2, 0.25) is 5.88 Å². The maximum atomic E-state index is 5.66. The summed E-state index contributed by atoms with van der Waals surface area (Å²) in [5.74, 6) is 2.19. The molecule has 0 amide bonds. The maximum absolute atomic E-state index is 5.66. The lowest BCUT2D eigenvalue weighted by Gasteiger charge is -2.05. The third-order valence-corrected chi connectivity index (χ3v) is 3.29. The fourth-order valence-electron chi connectivity index (χ4n) is 1.98. The number of halogens is 1. The van der Waals surface area contributed by atoms with Crippen LogP contribution in [0.3, 0.4) is 0 Å². The zero-order chi connectivity index (χ0) is 16.1. The van der Waals surface area contributed by atoms with Crippen molar-refractivity contribution in [1.82, 2.24) is 25.4 Å². The second-order valence-corrected chi connectivity index (χ2v) is 5.08. The molecule has 0 fully saturated rings. The molecule has 7 nitrogen and oxygen atoms in total. The Labute approximate surface area is 145 Å². The van der Waals surface area contributed by atoms with Gasteiger partial charge in [-0.25, -0.2) is 4.98 Å². The number of aromatic nitrogens is 4. The van der Waals surface area contributed by atoms with Crippen LogP contribution >= 0.6 is 12.4 Å². The monoisotopic (exact) mass is 347 g/mol. The second-order valence-electron chi connectivity index (χ2n) is 5.08. The first-order chi connectivity index (χ1) is 11.2. The van der Waals surface area contributed by atoms with E-state index >= 15 is 0 Å². The van der Waals surface area contributed by atoms with E-state index in [9.17, 15) is 0 Å². The summed E-state index contributed by atoms with van der Waals surface area (Å²) in [6.45, 7) is 2.06. The molecule has 1 aromatic carbocycles. The molecular weight excluding hydrogens is 330 g/mol. The standard InChI is InChI=1S/C16H17N5O2.ClH/c1-11(17-2)8-14-20-16(23-21-14)12-4-3-5-13(9-12)22-15-10-18-6-7-19-15;/h3-7,9-11,17H,8H2,1-2H3;1H. The van der Waals surface area contributed by atoms with Crippen LogP contribution in [-0.2, 0) is 6.42 Å². The normalized spacial score (nSPS) is 11.6. The summed E-state index contributed by atoms with van der Waals surface area (Å²) in [5, 5.41) is 7.15. The molecular formula is C16H18ClN5O2. The van der Waals surface area contributed by atoms with Gasteiger partial charge >= 0.3 is 0 Å². The van der Waals surface area contributed by atoms with Crippen LogP contribution in [0.25, 0.3) is 11.5 Å². The van der Waals surface area contributed by atoms with Gasteiger partial charge in [0.15, 0.2) is 5.82 Å². The van der Waals surface area contributed by atoms with Crippen molar-refractivity contribution in [2.24, 2.45) is 0 Å². The highest BCUT2D eigenvalue weighted by molar-refractivity contribution is 5.85. The molecule has 2 heterocycles. The predicted molar refractivity (Wildman–Crippen MR) is 91.3 cm³/mol. The molecule has 1 N–H and O–H groups in total. The fourth-order valence-corrected chi connectivity index (χ4v) is 1.98. The molecule has 126 valence electrons. The number of likely N-dealkylation sites (N-methyl/N-ethyl adjacent to an activating group) is 1. The Morgan fingerprint density at radius 1 is 1.29 bits per heavy atom. The van der Waals surface area contributed by atoms with Gasteiger partial charge in [-0.3, -0.25) is 4.98 Å². The van der Waals surface area contributed by atoms with Crippen LogP contribution in [-0.4, -0.2) is 33.2 Å². The molecule has 0 bridgehead atoms. The topological polar surface area (TPSA) is 86.0 Å². The van der Waals surface area contributed by atoms with Gasteiger partial charge in [-0.05, 0) is 32.2 Å². The quantitative estimate of drug-likeness (QED) is 0.733. The maximum Gasteiger partial charge on any atom is 0.258 e. The average Bonchev–Trinajstić information content (AvgIpc) is 3.04. The molecule has 1 atom stereocenters. The summed E-state index contributed by atoms with van der Waals surface area (Å²) in [7, 11) is 1.90. The zero-order valence-electron chi connectivity index (χ0n) is 13.3. The van der Waals surface area contributed by atoms with Crippen molar-refractivity contribution in [2.75, 3.05) is 7.05 Å². The average molecular weight is 348 g/mol. The molecule has 24 heavy (non-hydrogen) atoms. The van der Waals surface area contributed by atoms with Gasteiger partial charge in [-0.15, -0.1) is 12.4 Å². The molecule has 1 unspecified atom stereocenters. The lowest BCUT2D eigenvalue weighted by molar-refractivity contribution is 0.417. The zero-order valence-corrected chi connectivity index (χ0v) is 14.2. The Kier molecular flexibility index (Phi) is 6.22. The van der Waals surface area contributed by atoms with E-state index in [2.05, 4.69) is 32.3 Å². The second kappa shape index (κ2) is 8.37. The minimum absolute atomic E-state index is 0. The van der Waals surface area contributed by atoms with Gasteiger partial charge in [-0.1, -0.05) is 11.2 Å². The van der Waals surface area contributed by atoms with Crippen molar-refractivity contribution in [3.8, 4) is 23.1 Å². The number of nitrogens with zero attached hydrogens (tertiary/aromatic N) is 4. The fraction of sp³-hybridized carbons (Fsp3) is 0.250. The van der Waals surface area contributed by atoms with E-state index in [1.54, 1.807) is 18.6 Å². The number of ether oxygens (including phenoxy) is 1. The molecule has 0 radical (unpaired) electrons. The van der Waals surface area contributed by atoms with E-state index in [1.807, 2.05) is 31.3 Å². The largest absolute Gasteiger partial charge is 0.437 e. The van der Waals surface area contributed by atoms with E-state index in [1.165, 1.54) is 0 Å². The molecule has 0 saturated carbocycles. The Balaban J connectivity index is 0.00000208. The minimum atomic E-state index is 0. The van der Waals surface area contributed by atoms with Gasteiger partial charge < -0.3 is 14.6 Å². The molecule has 0 saturated heterocycles. The van der Waals surface area contributed by atoms with Crippen LogP contribution in [0.5, 0.6) is 11.6 Å². The van der Waals surface area contributed by atoms with Crippen LogP contribution in [0.2, 0.25) is 0 Å². The Morgan fingerprint density at radius 3 is 2.92 bits per heavy atom. The van der Waals surface area contributed by atoms with E-state index in [4.69, 9.17) is 9.26 Å². The van der Waals surface area contributed by atoms with Crippen LogP contribution < -0.4 is 10.1 Å². The van der Waals surface area contributed by atoms with Crippen molar-refractivity contribution in [1.29, 1.82) is 0 Å². The van der Waals surface area contributed by atoms with Crippen LogP contribution in [0.1, 0.15) is 12.7 Å². The number of rotatable bonds is 6. The molecule has 0 aliphatic rings. The van der Waals surface area contributed by atoms with Crippen molar-refractivity contribution in [3.05, 3.63) is 48.7 Å². The predicted octanol–water partition coefficient (Wildman–Crippen LogP) is 2.89. The third kappa shape index (κ3) is 4.50. The van der Waals surface area contributed by atoms with Gasteiger partial charge in [0, 0.05) is 30.4 Å². The minimum Gasteiger partial charge on any atom is -0.437 e. The molecule has 3 rings (SSSR count). The number of nitrogens with one attached hydrogen (secondary N) is 1. The van der Waals surface area contributed by atoms with Crippen molar-refractivity contribution in [2.45, 2.75) is 19.4 Å². The molecule has 0 spiro atoms. The summed E-state index contributed by atoms with van der Waals surface area (Å²) in [4.78, 5) is 12.5. The van der Waals surface area contributed by atoms with Gasteiger partial charge in [0.1, 0.15) is 5.75 Å². The van der Waals surface area contributed by atoms with Crippen LogP contribution in [0.4, 0.5) is 0 Å². The third-order valence-electron chi connectivity index (χ3n) is 3.29. The first-order valence-corrected chi connectivity index (χ1v) is 7.29. The van der Waals surface area contributed by atoms with Gasteiger partial charge in [0.25, 0.3) is 5.89 Å². The summed E-state index contributed by atoms with van der Waals surface area (Å²) in [6, 6.07) is 7.70. The Hall–Kier alpha value is -2.51. The summed E-state index contributed by atoms with van der Waals surface area (Å²) in [6.07, 6.45) is 5.42. The lowest BCUT2D eigenvalue weighted by atomic mass is 10.2. The smallest absolute Gasteiger partial charge is 0.258 e. The summed E-state index contributed by atoms with van der Waals surface area (Å²) in [5.41, 5.74) is 0.794. The van der Waals surface area contributed by atoms with Crippen LogP contribution in [0.15, 0.2) is 47.4 Å².